The number of rotatable bonds is 6. The van der Waals surface area contributed by atoms with Gasteiger partial charge in [-0.3, -0.25) is 4.90 Å². The van der Waals surface area contributed by atoms with Gasteiger partial charge in [0.25, 0.3) is 0 Å². The summed E-state index contributed by atoms with van der Waals surface area (Å²) in [6, 6.07) is 5.88. The Hall–Kier alpha value is -1.82. The Labute approximate surface area is 179 Å². The minimum absolute atomic E-state index is 0.113. The normalized spacial score (nSPS) is 16.8. The Morgan fingerprint density at radius 1 is 1.31 bits per heavy atom. The van der Waals surface area contributed by atoms with Gasteiger partial charge in [0.1, 0.15) is 5.60 Å². The van der Waals surface area contributed by atoms with Gasteiger partial charge in [-0.05, 0) is 62.9 Å². The summed E-state index contributed by atoms with van der Waals surface area (Å²) in [4.78, 5) is 16.5. The summed E-state index contributed by atoms with van der Waals surface area (Å²) in [6.45, 7) is 14.3. The van der Waals surface area contributed by atoms with Gasteiger partial charge in [-0.25, -0.2) is 4.79 Å². The molecule has 0 bridgehead atoms. The Balaban J connectivity index is 2.21. The van der Waals surface area contributed by atoms with Gasteiger partial charge in [0.05, 0.1) is 6.61 Å². The van der Waals surface area contributed by atoms with Crippen molar-refractivity contribution in [2.45, 2.75) is 45.8 Å². The van der Waals surface area contributed by atoms with Crippen molar-refractivity contribution < 1.29 is 14.6 Å². The molecule has 1 atom stereocenters. The van der Waals surface area contributed by atoms with Crippen LogP contribution in [0, 0.1) is 0 Å². The molecule has 1 aromatic carbocycles. The van der Waals surface area contributed by atoms with E-state index >= 15 is 0 Å². The molecule has 1 aliphatic rings. The van der Waals surface area contributed by atoms with E-state index in [-0.39, 0.29) is 18.7 Å². The summed E-state index contributed by atoms with van der Waals surface area (Å²) in [5.41, 5.74) is 2.15. The fraction of sp³-hybridized carbons (Fsp3) is 0.522. The highest BCUT2D eigenvalue weighted by molar-refractivity contribution is 6.30. The summed E-state index contributed by atoms with van der Waals surface area (Å²) in [5, 5.41) is 10.3. The van der Waals surface area contributed by atoms with Crippen LogP contribution in [0.5, 0.6) is 0 Å². The van der Waals surface area contributed by atoms with Crippen molar-refractivity contribution in [3.8, 4) is 0 Å². The third-order valence-corrected chi connectivity index (χ3v) is 5.18. The van der Waals surface area contributed by atoms with Crippen molar-refractivity contribution in [3.05, 3.63) is 53.1 Å². The van der Waals surface area contributed by atoms with Crippen LogP contribution in [-0.4, -0.2) is 59.4 Å². The molecule has 0 spiro atoms. The second-order valence-corrected chi connectivity index (χ2v) is 8.75. The number of halogens is 1. The van der Waals surface area contributed by atoms with Gasteiger partial charge in [0, 0.05) is 37.2 Å². The number of hydrogen-bond donors (Lipinski definition) is 1. The SMILES string of the molecule is C=C(CO)c1cc(Cl)ccc1C(C/C=C\C)N1CCN(C(=O)OC(C)(C)C)CC1. The molecule has 1 aliphatic heterocycles. The molecule has 29 heavy (non-hydrogen) atoms. The van der Waals surface area contributed by atoms with Gasteiger partial charge in [0.2, 0.25) is 0 Å². The molecule has 1 saturated heterocycles. The zero-order valence-electron chi connectivity index (χ0n) is 17.9. The van der Waals surface area contributed by atoms with Crippen LogP contribution in [0.15, 0.2) is 36.9 Å². The van der Waals surface area contributed by atoms with E-state index in [1.807, 2.05) is 52.0 Å². The van der Waals surface area contributed by atoms with Crippen LogP contribution in [-0.2, 0) is 4.74 Å². The molecule has 0 saturated carbocycles. The van der Waals surface area contributed by atoms with Crippen LogP contribution in [0.4, 0.5) is 4.79 Å². The number of hydrogen-bond acceptors (Lipinski definition) is 4. The van der Waals surface area contributed by atoms with Crippen molar-refractivity contribution in [1.82, 2.24) is 9.80 Å². The molecule has 1 fully saturated rings. The predicted octanol–water partition coefficient (Wildman–Crippen LogP) is 4.91. The first-order chi connectivity index (χ1) is 13.7. The number of aliphatic hydroxyl groups excluding tert-OH is 1. The zero-order chi connectivity index (χ0) is 21.6. The smallest absolute Gasteiger partial charge is 0.410 e. The van der Waals surface area contributed by atoms with Crippen molar-refractivity contribution in [3.63, 3.8) is 0 Å². The van der Waals surface area contributed by atoms with Crippen molar-refractivity contribution >= 4 is 23.3 Å². The van der Waals surface area contributed by atoms with Crippen LogP contribution in [0.2, 0.25) is 5.02 Å². The van der Waals surface area contributed by atoms with E-state index in [9.17, 15) is 9.90 Å². The highest BCUT2D eigenvalue weighted by atomic mass is 35.5. The molecule has 0 aromatic heterocycles. The molecule has 1 N–H and O–H groups in total. The van der Waals surface area contributed by atoms with Crippen molar-refractivity contribution in [1.29, 1.82) is 0 Å². The number of piperazine rings is 1. The van der Waals surface area contributed by atoms with E-state index in [0.29, 0.717) is 23.7 Å². The number of allylic oxidation sites excluding steroid dienone is 1. The Bertz CT molecular complexity index is 747. The second-order valence-electron chi connectivity index (χ2n) is 8.32. The molecule has 1 amide bonds. The number of nitrogens with zero attached hydrogens (tertiary/aromatic N) is 2. The minimum Gasteiger partial charge on any atom is -0.444 e. The number of carbonyl (C=O) groups excluding carboxylic acids is 1. The third kappa shape index (κ3) is 6.59. The highest BCUT2D eigenvalue weighted by Gasteiger charge is 2.30. The molecule has 6 heteroatoms. The molecule has 160 valence electrons. The Morgan fingerprint density at radius 2 is 1.97 bits per heavy atom. The largest absolute Gasteiger partial charge is 0.444 e. The quantitative estimate of drug-likeness (QED) is 0.664. The van der Waals surface area contributed by atoms with E-state index in [1.54, 1.807) is 4.90 Å². The predicted molar refractivity (Wildman–Crippen MR) is 119 cm³/mol. The maximum Gasteiger partial charge on any atom is 0.410 e. The number of aliphatic hydroxyl groups is 1. The van der Waals surface area contributed by atoms with E-state index in [1.165, 1.54) is 0 Å². The molecule has 0 radical (unpaired) electrons. The number of benzene rings is 1. The summed E-state index contributed by atoms with van der Waals surface area (Å²) < 4.78 is 5.50. The number of carbonyl (C=O) groups is 1. The number of ether oxygens (including phenoxy) is 1. The third-order valence-electron chi connectivity index (χ3n) is 4.95. The standard InChI is InChI=1S/C23H33ClN2O3/c1-6-7-8-21(19-10-9-18(24)15-20(19)17(2)16-27)25-11-13-26(14-12-25)22(28)29-23(3,4)5/h6-7,9-10,15,21,27H,2,8,11-14,16H2,1,3-5H3/b7-6-. The first kappa shape index (κ1) is 23.5. The maximum atomic E-state index is 12.4. The van der Waals surface area contributed by atoms with Gasteiger partial charge in [-0.2, -0.15) is 0 Å². The highest BCUT2D eigenvalue weighted by Crippen LogP contribution is 2.33. The second kappa shape index (κ2) is 10.3. The average molecular weight is 421 g/mol. The molecule has 2 rings (SSSR count). The zero-order valence-corrected chi connectivity index (χ0v) is 18.7. The maximum absolute atomic E-state index is 12.4. The van der Waals surface area contributed by atoms with Gasteiger partial charge in [0.15, 0.2) is 0 Å². The van der Waals surface area contributed by atoms with Gasteiger partial charge < -0.3 is 14.7 Å². The first-order valence-electron chi connectivity index (χ1n) is 10.1. The van der Waals surface area contributed by atoms with Crippen LogP contribution in [0.25, 0.3) is 5.57 Å². The minimum atomic E-state index is -0.495. The van der Waals surface area contributed by atoms with Crippen LogP contribution >= 0.6 is 11.6 Å². The number of amides is 1. The lowest BCUT2D eigenvalue weighted by Gasteiger charge is -2.40. The fourth-order valence-corrected chi connectivity index (χ4v) is 3.66. The monoisotopic (exact) mass is 420 g/mol. The molecule has 1 aromatic rings. The summed E-state index contributed by atoms with van der Waals surface area (Å²) in [5.74, 6) is 0. The summed E-state index contributed by atoms with van der Waals surface area (Å²) in [7, 11) is 0. The van der Waals surface area contributed by atoms with Crippen LogP contribution in [0.1, 0.15) is 51.3 Å². The lowest BCUT2D eigenvalue weighted by atomic mass is 9.92. The molecule has 5 nitrogen and oxygen atoms in total. The van der Waals surface area contributed by atoms with E-state index < -0.39 is 5.60 Å². The lowest BCUT2D eigenvalue weighted by Crippen LogP contribution is -2.50. The van der Waals surface area contributed by atoms with E-state index in [4.69, 9.17) is 16.3 Å². The topological polar surface area (TPSA) is 53.0 Å². The fourth-order valence-electron chi connectivity index (χ4n) is 3.49. The van der Waals surface area contributed by atoms with E-state index in [2.05, 4.69) is 17.6 Å². The van der Waals surface area contributed by atoms with Gasteiger partial charge >= 0.3 is 6.09 Å². The molecule has 1 heterocycles. The Kier molecular flexibility index (Phi) is 8.32. The molecular formula is C23H33ClN2O3. The molecule has 0 aliphatic carbocycles. The Morgan fingerprint density at radius 3 is 2.52 bits per heavy atom. The van der Waals surface area contributed by atoms with E-state index in [0.717, 1.165) is 30.6 Å². The van der Waals surface area contributed by atoms with Crippen LogP contribution in [0.3, 0.4) is 0 Å². The van der Waals surface area contributed by atoms with Crippen LogP contribution < -0.4 is 0 Å². The van der Waals surface area contributed by atoms with Crippen molar-refractivity contribution in [2.75, 3.05) is 32.8 Å². The first-order valence-corrected chi connectivity index (χ1v) is 10.5. The lowest BCUT2D eigenvalue weighted by molar-refractivity contribution is 0.0103. The average Bonchev–Trinajstić information content (AvgIpc) is 2.67. The van der Waals surface area contributed by atoms with Crippen molar-refractivity contribution in [2.24, 2.45) is 0 Å². The molecular weight excluding hydrogens is 388 g/mol. The van der Waals surface area contributed by atoms with Gasteiger partial charge in [-0.15, -0.1) is 0 Å². The summed E-state index contributed by atoms with van der Waals surface area (Å²) in [6.07, 6.45) is 4.75. The summed E-state index contributed by atoms with van der Waals surface area (Å²) >= 11 is 6.21. The van der Waals surface area contributed by atoms with Gasteiger partial charge in [-0.1, -0.05) is 36.4 Å². The molecule has 1 unspecified atom stereocenters.